The van der Waals surface area contributed by atoms with Gasteiger partial charge in [-0.05, 0) is 82.1 Å². The number of imide groups is 2. The SMILES string of the molecule is CC(C)(Cn1ccc(-c2ccc(C#N)c(Cl)c2)n1)NC(=O)c1cc(CN2CCN(CCCCOc3ccc4c(c3)C(=O)N(C3CCC(=O)NC3=O)C4=O)CC2)[nH]n1. The van der Waals surface area contributed by atoms with Crippen molar-refractivity contribution < 1.29 is 28.7 Å². The topological polar surface area (TPSA) is 199 Å². The number of fused-ring (bicyclic) bond motifs is 1. The van der Waals surface area contributed by atoms with Gasteiger partial charge in [-0.3, -0.25) is 48.9 Å². The molecule has 7 rings (SSSR count). The molecule has 0 aliphatic carbocycles. The summed E-state index contributed by atoms with van der Waals surface area (Å²) in [4.78, 5) is 68.7. The lowest BCUT2D eigenvalue weighted by Crippen LogP contribution is -2.54. The number of carbonyl (C=O) groups excluding carboxylic acids is 5. The van der Waals surface area contributed by atoms with Gasteiger partial charge in [0, 0.05) is 50.9 Å². The van der Waals surface area contributed by atoms with Crippen LogP contribution in [0, 0.1) is 11.3 Å². The van der Waals surface area contributed by atoms with E-state index >= 15 is 0 Å². The molecule has 2 fully saturated rings. The lowest BCUT2D eigenvalue weighted by molar-refractivity contribution is -0.136. The van der Waals surface area contributed by atoms with Crippen LogP contribution in [0.5, 0.6) is 5.75 Å². The molecule has 57 heavy (non-hydrogen) atoms. The summed E-state index contributed by atoms with van der Waals surface area (Å²) in [5, 5.41) is 26.7. The number of nitrogens with zero attached hydrogens (tertiary/aromatic N) is 7. The van der Waals surface area contributed by atoms with Crippen LogP contribution < -0.4 is 15.4 Å². The number of aromatic amines is 1. The number of unbranched alkanes of at least 4 members (excludes halogenated alkanes) is 1. The van der Waals surface area contributed by atoms with Gasteiger partial charge in [-0.2, -0.15) is 15.5 Å². The number of ether oxygens (including phenoxy) is 1. The minimum absolute atomic E-state index is 0.0694. The van der Waals surface area contributed by atoms with Gasteiger partial charge in [0.2, 0.25) is 11.8 Å². The second-order valence-electron chi connectivity index (χ2n) is 15.1. The Morgan fingerprint density at radius 1 is 1.00 bits per heavy atom. The van der Waals surface area contributed by atoms with E-state index in [-0.39, 0.29) is 29.9 Å². The molecule has 17 heteroatoms. The average molecular weight is 795 g/mol. The molecule has 0 saturated carbocycles. The maximum absolute atomic E-state index is 13.2. The smallest absolute Gasteiger partial charge is 0.272 e. The highest BCUT2D eigenvalue weighted by molar-refractivity contribution is 6.32. The van der Waals surface area contributed by atoms with E-state index in [1.807, 2.05) is 26.1 Å². The molecule has 1 atom stereocenters. The third-order valence-corrected chi connectivity index (χ3v) is 10.6. The van der Waals surface area contributed by atoms with E-state index in [0.717, 1.165) is 61.7 Å². The van der Waals surface area contributed by atoms with Gasteiger partial charge in [-0.25, -0.2) is 0 Å². The van der Waals surface area contributed by atoms with Crippen molar-refractivity contribution in [2.45, 2.75) is 64.2 Å². The number of H-pyrrole nitrogens is 1. The standard InChI is InChI=1S/C40H43ClN10O6/c1-40(2,24-50-13-11-32(47-50)25-5-6-26(22-42)31(41)19-25)44-36(53)33-20-27(45-46-33)23-49-16-14-48(15-17-49)12-3-4-18-57-28-7-8-29-30(21-28)39(56)51(38(29)55)34-9-10-35(52)43-37(34)54/h5-8,11,13,19-21,34H,3-4,9-10,12,14-18,23-24H2,1-2H3,(H,44,53)(H,45,46)(H,43,52,54). The Labute approximate surface area is 334 Å². The van der Waals surface area contributed by atoms with Crippen molar-refractivity contribution in [3.05, 3.63) is 87.8 Å². The van der Waals surface area contributed by atoms with Crippen LogP contribution in [0.3, 0.4) is 0 Å². The quantitative estimate of drug-likeness (QED) is 0.125. The molecule has 296 valence electrons. The summed E-state index contributed by atoms with van der Waals surface area (Å²) in [6.45, 7) is 9.87. The van der Waals surface area contributed by atoms with Crippen LogP contribution in [-0.4, -0.2) is 115 Å². The van der Waals surface area contributed by atoms with Crippen LogP contribution in [0.25, 0.3) is 11.3 Å². The van der Waals surface area contributed by atoms with Gasteiger partial charge in [0.05, 0.1) is 51.8 Å². The number of rotatable bonds is 14. The number of nitrogens with one attached hydrogen (secondary N) is 3. The zero-order chi connectivity index (χ0) is 40.3. The van der Waals surface area contributed by atoms with E-state index < -0.39 is 35.2 Å². The first kappa shape index (κ1) is 39.3. The lowest BCUT2D eigenvalue weighted by Gasteiger charge is -2.34. The Hall–Kier alpha value is -5.89. The Kier molecular flexibility index (Phi) is 11.5. The molecule has 2 aromatic carbocycles. The molecule has 0 radical (unpaired) electrons. The maximum Gasteiger partial charge on any atom is 0.272 e. The predicted octanol–water partition coefficient (Wildman–Crippen LogP) is 3.38. The summed E-state index contributed by atoms with van der Waals surface area (Å²) in [5.74, 6) is -1.95. The van der Waals surface area contributed by atoms with Crippen LogP contribution in [0.2, 0.25) is 5.02 Å². The number of hydrogen-bond donors (Lipinski definition) is 3. The van der Waals surface area contributed by atoms with Crippen LogP contribution in [-0.2, 0) is 22.7 Å². The number of hydrogen-bond acceptors (Lipinski definition) is 11. The highest BCUT2D eigenvalue weighted by Crippen LogP contribution is 2.30. The van der Waals surface area contributed by atoms with E-state index in [9.17, 15) is 24.0 Å². The van der Waals surface area contributed by atoms with Crippen molar-refractivity contribution in [3.8, 4) is 23.1 Å². The highest BCUT2D eigenvalue weighted by Gasteiger charge is 2.44. The van der Waals surface area contributed by atoms with Crippen LogP contribution in [0.4, 0.5) is 0 Å². The number of halogens is 1. The molecule has 5 amide bonds. The van der Waals surface area contributed by atoms with Crippen molar-refractivity contribution in [2.75, 3.05) is 39.3 Å². The third kappa shape index (κ3) is 9.07. The number of benzene rings is 2. The molecule has 2 saturated heterocycles. The molecule has 1 unspecified atom stereocenters. The fourth-order valence-corrected chi connectivity index (χ4v) is 7.55. The van der Waals surface area contributed by atoms with Gasteiger partial charge in [-0.1, -0.05) is 17.7 Å². The Morgan fingerprint density at radius 2 is 1.77 bits per heavy atom. The summed E-state index contributed by atoms with van der Waals surface area (Å²) < 4.78 is 7.68. The zero-order valence-electron chi connectivity index (χ0n) is 31.7. The average Bonchev–Trinajstić information content (AvgIpc) is 3.90. The molecule has 2 aromatic heterocycles. The van der Waals surface area contributed by atoms with Crippen molar-refractivity contribution in [1.29, 1.82) is 5.26 Å². The fraction of sp³-hybridized carbons (Fsp3) is 0.400. The van der Waals surface area contributed by atoms with E-state index in [1.165, 1.54) is 0 Å². The highest BCUT2D eigenvalue weighted by atomic mass is 35.5. The molecular formula is C40H43ClN10O6. The molecule has 3 aliphatic heterocycles. The minimum atomic E-state index is -1.00. The maximum atomic E-state index is 13.2. The first-order chi connectivity index (χ1) is 27.4. The van der Waals surface area contributed by atoms with Crippen LogP contribution >= 0.6 is 11.6 Å². The van der Waals surface area contributed by atoms with Gasteiger partial charge in [-0.15, -0.1) is 0 Å². The number of piperazine rings is 1. The lowest BCUT2D eigenvalue weighted by atomic mass is 10.0. The summed E-state index contributed by atoms with van der Waals surface area (Å²) in [5.41, 5.74) is 2.89. The molecule has 0 spiro atoms. The van der Waals surface area contributed by atoms with Gasteiger partial charge < -0.3 is 15.0 Å². The first-order valence-electron chi connectivity index (χ1n) is 18.9. The first-order valence-corrected chi connectivity index (χ1v) is 19.3. The molecule has 5 heterocycles. The zero-order valence-corrected chi connectivity index (χ0v) is 32.5. The number of aromatic nitrogens is 4. The van der Waals surface area contributed by atoms with Gasteiger partial charge in [0.25, 0.3) is 17.7 Å². The van der Waals surface area contributed by atoms with E-state index in [0.29, 0.717) is 47.4 Å². The fourth-order valence-electron chi connectivity index (χ4n) is 7.32. The van der Waals surface area contributed by atoms with Crippen molar-refractivity contribution in [2.24, 2.45) is 0 Å². The second kappa shape index (κ2) is 16.7. The molecule has 3 N–H and O–H groups in total. The van der Waals surface area contributed by atoms with Gasteiger partial charge in [0.15, 0.2) is 0 Å². The van der Waals surface area contributed by atoms with E-state index in [4.69, 9.17) is 21.6 Å². The third-order valence-electron chi connectivity index (χ3n) is 10.3. The summed E-state index contributed by atoms with van der Waals surface area (Å²) >= 11 is 6.20. The Bertz CT molecular complexity index is 2250. The Morgan fingerprint density at radius 3 is 2.53 bits per heavy atom. The predicted molar refractivity (Wildman–Crippen MR) is 207 cm³/mol. The Balaban J connectivity index is 0.801. The molecular weight excluding hydrogens is 752 g/mol. The van der Waals surface area contributed by atoms with Crippen molar-refractivity contribution in [3.63, 3.8) is 0 Å². The van der Waals surface area contributed by atoms with Crippen molar-refractivity contribution in [1.82, 2.24) is 45.3 Å². The molecule has 16 nitrogen and oxygen atoms in total. The second-order valence-corrected chi connectivity index (χ2v) is 15.6. The molecule has 0 bridgehead atoms. The van der Waals surface area contributed by atoms with Gasteiger partial charge in [0.1, 0.15) is 23.6 Å². The molecule has 4 aromatic rings. The van der Waals surface area contributed by atoms with Crippen molar-refractivity contribution >= 4 is 41.1 Å². The van der Waals surface area contributed by atoms with Crippen LogP contribution in [0.1, 0.15) is 82.0 Å². The monoisotopic (exact) mass is 794 g/mol. The number of amides is 5. The number of nitriles is 1. The van der Waals surface area contributed by atoms with Gasteiger partial charge >= 0.3 is 0 Å². The largest absolute Gasteiger partial charge is 0.494 e. The normalized spacial score (nSPS) is 17.7. The summed E-state index contributed by atoms with van der Waals surface area (Å²) in [7, 11) is 0. The minimum Gasteiger partial charge on any atom is -0.494 e. The number of piperidine rings is 1. The summed E-state index contributed by atoms with van der Waals surface area (Å²) in [6.07, 6.45) is 3.75. The molecule has 3 aliphatic rings. The van der Waals surface area contributed by atoms with Crippen LogP contribution in [0.15, 0.2) is 54.7 Å². The summed E-state index contributed by atoms with van der Waals surface area (Å²) in [6, 6.07) is 14.7. The number of carbonyl (C=O) groups is 5. The van der Waals surface area contributed by atoms with E-state index in [2.05, 4.69) is 41.8 Å². The van der Waals surface area contributed by atoms with E-state index in [1.54, 1.807) is 47.1 Å².